The van der Waals surface area contributed by atoms with Crippen LogP contribution in [0.25, 0.3) is 0 Å². The number of rotatable bonds is 5. The summed E-state index contributed by atoms with van der Waals surface area (Å²) < 4.78 is 0. The molecule has 1 atom stereocenters. The van der Waals surface area contributed by atoms with Gasteiger partial charge < -0.3 is 4.90 Å². The van der Waals surface area contributed by atoms with Gasteiger partial charge in [0, 0.05) is 12.4 Å². The maximum atomic E-state index is 12.8. The van der Waals surface area contributed by atoms with E-state index in [0.717, 1.165) is 19.3 Å². The normalized spacial score (nSPS) is 15.7. The molecule has 0 radical (unpaired) electrons. The lowest BCUT2D eigenvalue weighted by atomic mass is 9.87. The zero-order valence-corrected chi connectivity index (χ0v) is 17.2. The van der Waals surface area contributed by atoms with Crippen molar-refractivity contribution in [2.24, 2.45) is 0 Å². The first-order chi connectivity index (χ1) is 13.6. The summed E-state index contributed by atoms with van der Waals surface area (Å²) in [6.07, 6.45) is 3.39. The molecule has 0 saturated carbocycles. The molecule has 1 aromatic carbocycles. The number of fused-ring (bicyclic) bond motifs is 1. The van der Waals surface area contributed by atoms with Crippen LogP contribution in [0.4, 0.5) is 5.13 Å². The number of benzene rings is 1. The summed E-state index contributed by atoms with van der Waals surface area (Å²) in [5.41, 5.74) is 3.28. The van der Waals surface area contributed by atoms with E-state index in [1.165, 1.54) is 33.8 Å². The molecule has 0 unspecified atom stereocenters. The Hall–Kier alpha value is -2.51. The van der Waals surface area contributed by atoms with Crippen molar-refractivity contribution in [2.45, 2.75) is 31.7 Å². The van der Waals surface area contributed by atoms with Gasteiger partial charge in [-0.2, -0.15) is 0 Å². The van der Waals surface area contributed by atoms with Gasteiger partial charge in [0.25, 0.3) is 5.91 Å². The first-order valence-electron chi connectivity index (χ1n) is 9.24. The molecule has 2 heterocycles. The number of anilines is 1. The molecule has 2 amide bonds. The minimum atomic E-state index is -0.168. The highest BCUT2D eigenvalue weighted by Gasteiger charge is 2.26. The number of hydrogen-bond donors (Lipinski definition) is 1. The molecular weight excluding hydrogens is 390 g/mol. The van der Waals surface area contributed by atoms with E-state index in [1.54, 1.807) is 6.07 Å². The van der Waals surface area contributed by atoms with Crippen molar-refractivity contribution in [3.05, 3.63) is 68.9 Å². The summed E-state index contributed by atoms with van der Waals surface area (Å²) in [4.78, 5) is 31.9. The van der Waals surface area contributed by atoms with E-state index in [0.29, 0.717) is 15.7 Å². The highest BCUT2D eigenvalue weighted by Crippen LogP contribution is 2.33. The Morgan fingerprint density at radius 1 is 1.21 bits per heavy atom. The van der Waals surface area contributed by atoms with Gasteiger partial charge in [-0.25, -0.2) is 4.98 Å². The van der Waals surface area contributed by atoms with Crippen LogP contribution < -0.4 is 5.32 Å². The van der Waals surface area contributed by atoms with Crippen LogP contribution >= 0.6 is 22.7 Å². The maximum absolute atomic E-state index is 12.8. The molecule has 7 heteroatoms. The van der Waals surface area contributed by atoms with Crippen molar-refractivity contribution >= 4 is 39.6 Å². The first-order valence-corrected chi connectivity index (χ1v) is 11.0. The van der Waals surface area contributed by atoms with Crippen molar-refractivity contribution in [1.29, 1.82) is 0 Å². The van der Waals surface area contributed by atoms with Gasteiger partial charge in [0.05, 0.1) is 23.0 Å². The highest BCUT2D eigenvalue weighted by molar-refractivity contribution is 7.14. The summed E-state index contributed by atoms with van der Waals surface area (Å²) >= 11 is 2.73. The first kappa shape index (κ1) is 18.8. The molecule has 0 saturated heterocycles. The maximum Gasteiger partial charge on any atom is 0.267 e. The molecule has 0 spiro atoms. The van der Waals surface area contributed by atoms with Gasteiger partial charge in [-0.3, -0.25) is 14.9 Å². The molecule has 1 N–H and O–H groups in total. The second kappa shape index (κ2) is 8.24. The van der Waals surface area contributed by atoms with Crippen molar-refractivity contribution in [3.63, 3.8) is 0 Å². The number of hydrogen-bond acceptors (Lipinski definition) is 5. The van der Waals surface area contributed by atoms with Crippen LogP contribution in [0.2, 0.25) is 0 Å². The van der Waals surface area contributed by atoms with E-state index in [-0.39, 0.29) is 24.3 Å². The number of aromatic nitrogens is 1. The highest BCUT2D eigenvalue weighted by atomic mass is 32.1. The van der Waals surface area contributed by atoms with Gasteiger partial charge in [-0.15, -0.1) is 22.7 Å². The molecule has 5 nitrogen and oxygen atoms in total. The van der Waals surface area contributed by atoms with Crippen molar-refractivity contribution in [3.8, 4) is 0 Å². The van der Waals surface area contributed by atoms with Gasteiger partial charge in [-0.1, -0.05) is 30.3 Å². The van der Waals surface area contributed by atoms with Crippen molar-refractivity contribution in [1.82, 2.24) is 9.88 Å². The minimum Gasteiger partial charge on any atom is -0.338 e. The molecule has 0 aliphatic heterocycles. The number of thiophene rings is 1. The zero-order valence-electron chi connectivity index (χ0n) is 15.6. The second-order valence-corrected chi connectivity index (χ2v) is 8.67. The van der Waals surface area contributed by atoms with Crippen LogP contribution in [0.1, 0.15) is 45.4 Å². The van der Waals surface area contributed by atoms with Crippen molar-refractivity contribution < 1.29 is 9.59 Å². The van der Waals surface area contributed by atoms with Crippen LogP contribution in [-0.4, -0.2) is 28.7 Å². The molecule has 4 rings (SSSR count). The number of amides is 2. The third-order valence-corrected chi connectivity index (χ3v) is 6.72. The van der Waals surface area contributed by atoms with Crippen molar-refractivity contribution in [2.75, 3.05) is 12.4 Å². The second-order valence-electron chi connectivity index (χ2n) is 6.86. The summed E-state index contributed by atoms with van der Waals surface area (Å²) in [5, 5.41) is 7.02. The fraction of sp³-hybridized carbons (Fsp3) is 0.286. The van der Waals surface area contributed by atoms with Crippen LogP contribution in [0, 0.1) is 0 Å². The SMILES string of the molecule is CN(C(=O)Cc1csc(NC(=O)c2cccs2)n1)[C@@H]1CCCc2ccccc21. The molecule has 0 fully saturated rings. The summed E-state index contributed by atoms with van der Waals surface area (Å²) in [6.45, 7) is 0. The van der Waals surface area contributed by atoms with Gasteiger partial charge >= 0.3 is 0 Å². The average molecular weight is 412 g/mol. The third kappa shape index (κ3) is 4.00. The standard InChI is InChI=1S/C21H21N3O2S2/c1-24(17-9-4-7-14-6-2-3-8-16(14)17)19(25)12-15-13-28-21(22-15)23-20(26)18-10-5-11-27-18/h2-3,5-6,8,10-11,13,17H,4,7,9,12H2,1H3,(H,22,23,26)/t17-/m1/s1. The van der Waals surface area contributed by atoms with Gasteiger partial charge in [0.15, 0.2) is 5.13 Å². The lowest BCUT2D eigenvalue weighted by molar-refractivity contribution is -0.131. The smallest absolute Gasteiger partial charge is 0.267 e. The predicted octanol–water partition coefficient (Wildman–Crippen LogP) is 4.54. The Morgan fingerprint density at radius 2 is 2.07 bits per heavy atom. The summed E-state index contributed by atoms with van der Waals surface area (Å²) in [7, 11) is 1.88. The number of nitrogens with one attached hydrogen (secondary N) is 1. The molecule has 0 bridgehead atoms. The summed E-state index contributed by atoms with van der Waals surface area (Å²) in [6, 6.07) is 12.1. The minimum absolute atomic E-state index is 0.0446. The lowest BCUT2D eigenvalue weighted by Gasteiger charge is -2.33. The number of carbonyl (C=O) groups excluding carboxylic acids is 2. The number of likely N-dealkylation sites (N-methyl/N-ethyl adjacent to an activating group) is 1. The third-order valence-electron chi connectivity index (χ3n) is 5.05. The van der Waals surface area contributed by atoms with Crippen LogP contribution in [0.3, 0.4) is 0 Å². The Bertz CT molecular complexity index is 981. The zero-order chi connectivity index (χ0) is 19.5. The molecular formula is C21H21N3O2S2. The molecule has 3 aromatic rings. The Kier molecular flexibility index (Phi) is 5.54. The van der Waals surface area contributed by atoms with E-state index in [9.17, 15) is 9.59 Å². The monoisotopic (exact) mass is 411 g/mol. The number of nitrogens with zero attached hydrogens (tertiary/aromatic N) is 2. The molecule has 1 aliphatic carbocycles. The van der Waals surface area contributed by atoms with E-state index in [2.05, 4.69) is 28.5 Å². The van der Waals surface area contributed by atoms with E-state index < -0.39 is 0 Å². The largest absolute Gasteiger partial charge is 0.338 e. The van der Waals surface area contributed by atoms with Crippen LogP contribution in [-0.2, 0) is 17.6 Å². The topological polar surface area (TPSA) is 62.3 Å². The molecule has 28 heavy (non-hydrogen) atoms. The predicted molar refractivity (Wildman–Crippen MR) is 113 cm³/mol. The van der Waals surface area contributed by atoms with E-state index in [1.807, 2.05) is 34.8 Å². The fourth-order valence-corrected chi connectivity index (χ4v) is 4.92. The van der Waals surface area contributed by atoms with Crippen LogP contribution in [0.15, 0.2) is 47.2 Å². The van der Waals surface area contributed by atoms with Gasteiger partial charge in [0.1, 0.15) is 0 Å². The average Bonchev–Trinajstić information content (AvgIpc) is 3.39. The number of thiazole rings is 1. The Morgan fingerprint density at radius 3 is 2.89 bits per heavy atom. The number of carbonyl (C=O) groups is 2. The molecule has 2 aromatic heterocycles. The van der Waals surface area contributed by atoms with Gasteiger partial charge in [0.2, 0.25) is 5.91 Å². The number of aryl methyl sites for hydroxylation is 1. The lowest BCUT2D eigenvalue weighted by Crippen LogP contribution is -2.34. The summed E-state index contributed by atoms with van der Waals surface area (Å²) in [5.74, 6) is -0.124. The quantitative estimate of drug-likeness (QED) is 0.671. The molecule has 144 valence electrons. The van der Waals surface area contributed by atoms with Gasteiger partial charge in [-0.05, 0) is 41.8 Å². The van der Waals surface area contributed by atoms with Crippen LogP contribution in [0.5, 0.6) is 0 Å². The fourth-order valence-electron chi connectivity index (χ4n) is 3.60. The van der Waals surface area contributed by atoms with E-state index in [4.69, 9.17) is 0 Å². The Labute approximate surface area is 172 Å². The molecule has 1 aliphatic rings. The van der Waals surface area contributed by atoms with E-state index >= 15 is 0 Å². The Balaban J connectivity index is 1.40.